The van der Waals surface area contributed by atoms with Gasteiger partial charge in [-0.1, -0.05) is 67.1 Å². The van der Waals surface area contributed by atoms with Gasteiger partial charge in [0, 0.05) is 12.3 Å². The molecular formula is C19H23NOS. The van der Waals surface area contributed by atoms with Gasteiger partial charge in [-0.15, -0.1) is 11.8 Å². The Kier molecular flexibility index (Phi) is 6.53. The van der Waals surface area contributed by atoms with Crippen molar-refractivity contribution < 1.29 is 4.79 Å². The quantitative estimate of drug-likeness (QED) is 0.832. The van der Waals surface area contributed by atoms with Crippen molar-refractivity contribution in [3.63, 3.8) is 0 Å². The Balaban J connectivity index is 1.66. The first kappa shape index (κ1) is 16.6. The van der Waals surface area contributed by atoms with Crippen molar-refractivity contribution in [1.82, 2.24) is 5.32 Å². The van der Waals surface area contributed by atoms with Gasteiger partial charge >= 0.3 is 0 Å². The second-order valence-corrected chi connectivity index (χ2v) is 6.58. The number of thioether (sulfide) groups is 1. The minimum atomic E-state index is 0.111. The van der Waals surface area contributed by atoms with Gasteiger partial charge < -0.3 is 5.32 Å². The Bertz CT molecular complexity index is 580. The van der Waals surface area contributed by atoms with Crippen LogP contribution in [0, 0.1) is 6.92 Å². The van der Waals surface area contributed by atoms with Crippen LogP contribution in [0.2, 0.25) is 0 Å². The molecule has 22 heavy (non-hydrogen) atoms. The smallest absolute Gasteiger partial charge is 0.230 e. The number of benzene rings is 2. The fourth-order valence-electron chi connectivity index (χ4n) is 2.16. The Morgan fingerprint density at radius 3 is 2.45 bits per heavy atom. The number of aryl methyl sites for hydroxylation is 1. The van der Waals surface area contributed by atoms with Gasteiger partial charge in [-0.3, -0.25) is 4.79 Å². The third-order valence-corrected chi connectivity index (χ3v) is 4.60. The highest BCUT2D eigenvalue weighted by Gasteiger charge is 2.07. The van der Waals surface area contributed by atoms with Crippen LogP contribution in [0.15, 0.2) is 54.6 Å². The number of carbonyl (C=O) groups is 1. The summed E-state index contributed by atoms with van der Waals surface area (Å²) in [5, 5.41) is 3.02. The standard InChI is InChI=1S/C19H23NOS/c1-15-8-10-17(11-9-15)13-22-14-19(21)20-12-16(2)18-6-4-3-5-7-18/h3-11,16H,12-14H2,1-2H3,(H,20,21)/t16-/m0/s1. The summed E-state index contributed by atoms with van der Waals surface area (Å²) in [7, 11) is 0. The van der Waals surface area contributed by atoms with Crippen LogP contribution in [-0.2, 0) is 10.5 Å². The Hall–Kier alpha value is -1.74. The maximum atomic E-state index is 11.9. The van der Waals surface area contributed by atoms with E-state index < -0.39 is 0 Å². The van der Waals surface area contributed by atoms with Gasteiger partial charge in [-0.25, -0.2) is 0 Å². The number of nitrogens with one attached hydrogen (secondary N) is 1. The van der Waals surface area contributed by atoms with E-state index in [0.717, 1.165) is 5.75 Å². The van der Waals surface area contributed by atoms with E-state index in [-0.39, 0.29) is 5.91 Å². The predicted octanol–water partition coefficient (Wildman–Crippen LogP) is 4.15. The van der Waals surface area contributed by atoms with Crippen molar-refractivity contribution in [2.24, 2.45) is 0 Å². The molecule has 0 aliphatic rings. The summed E-state index contributed by atoms with van der Waals surface area (Å²) >= 11 is 1.66. The van der Waals surface area contributed by atoms with Crippen molar-refractivity contribution in [1.29, 1.82) is 0 Å². The fraction of sp³-hybridized carbons (Fsp3) is 0.316. The summed E-state index contributed by atoms with van der Waals surface area (Å²) in [5.74, 6) is 1.84. The van der Waals surface area contributed by atoms with E-state index in [9.17, 15) is 4.79 Å². The van der Waals surface area contributed by atoms with E-state index >= 15 is 0 Å². The summed E-state index contributed by atoms with van der Waals surface area (Å²) < 4.78 is 0. The molecule has 0 saturated carbocycles. The first-order chi connectivity index (χ1) is 10.6. The predicted molar refractivity (Wildman–Crippen MR) is 95.2 cm³/mol. The van der Waals surface area contributed by atoms with E-state index in [0.29, 0.717) is 18.2 Å². The van der Waals surface area contributed by atoms with Gasteiger partial charge in [0.25, 0.3) is 0 Å². The van der Waals surface area contributed by atoms with Crippen LogP contribution in [0.4, 0.5) is 0 Å². The third kappa shape index (κ3) is 5.57. The van der Waals surface area contributed by atoms with Crippen LogP contribution >= 0.6 is 11.8 Å². The lowest BCUT2D eigenvalue weighted by Gasteiger charge is -2.13. The van der Waals surface area contributed by atoms with E-state index in [1.165, 1.54) is 16.7 Å². The Morgan fingerprint density at radius 1 is 1.09 bits per heavy atom. The van der Waals surface area contributed by atoms with Gasteiger partial charge in [0.1, 0.15) is 0 Å². The van der Waals surface area contributed by atoms with E-state index in [4.69, 9.17) is 0 Å². The molecule has 2 rings (SSSR count). The SMILES string of the molecule is Cc1ccc(CSCC(=O)NC[C@H](C)c2ccccc2)cc1. The molecule has 2 aromatic rings. The molecule has 0 unspecified atom stereocenters. The maximum absolute atomic E-state index is 11.9. The molecule has 0 aliphatic heterocycles. The van der Waals surface area contributed by atoms with Crippen molar-refractivity contribution in [3.05, 3.63) is 71.3 Å². The lowest BCUT2D eigenvalue weighted by Crippen LogP contribution is -2.29. The molecule has 1 atom stereocenters. The van der Waals surface area contributed by atoms with Gasteiger partial charge in [0.05, 0.1) is 5.75 Å². The van der Waals surface area contributed by atoms with Crippen molar-refractivity contribution >= 4 is 17.7 Å². The summed E-state index contributed by atoms with van der Waals surface area (Å²) in [4.78, 5) is 11.9. The zero-order valence-electron chi connectivity index (χ0n) is 13.2. The largest absolute Gasteiger partial charge is 0.355 e. The molecule has 0 aromatic heterocycles. The minimum absolute atomic E-state index is 0.111. The van der Waals surface area contributed by atoms with Crippen LogP contribution < -0.4 is 5.32 Å². The highest BCUT2D eigenvalue weighted by Crippen LogP contribution is 2.14. The van der Waals surface area contributed by atoms with Crippen LogP contribution in [0.25, 0.3) is 0 Å². The van der Waals surface area contributed by atoms with Crippen LogP contribution in [0.3, 0.4) is 0 Å². The van der Waals surface area contributed by atoms with Crippen molar-refractivity contribution in [2.45, 2.75) is 25.5 Å². The zero-order chi connectivity index (χ0) is 15.8. The number of rotatable bonds is 7. The van der Waals surface area contributed by atoms with E-state index in [2.05, 4.69) is 55.6 Å². The molecule has 2 aromatic carbocycles. The second kappa shape index (κ2) is 8.64. The molecule has 0 bridgehead atoms. The molecule has 116 valence electrons. The van der Waals surface area contributed by atoms with Crippen molar-refractivity contribution in [2.75, 3.05) is 12.3 Å². The molecule has 0 spiro atoms. The topological polar surface area (TPSA) is 29.1 Å². The molecule has 1 N–H and O–H groups in total. The van der Waals surface area contributed by atoms with Crippen LogP contribution in [0.1, 0.15) is 29.5 Å². The van der Waals surface area contributed by atoms with Gasteiger partial charge in [0.15, 0.2) is 0 Å². The van der Waals surface area contributed by atoms with Crippen molar-refractivity contribution in [3.8, 4) is 0 Å². The lowest BCUT2D eigenvalue weighted by atomic mass is 10.0. The molecule has 3 heteroatoms. The molecule has 0 saturated heterocycles. The van der Waals surface area contributed by atoms with Gasteiger partial charge in [0.2, 0.25) is 5.91 Å². The molecule has 0 aliphatic carbocycles. The summed E-state index contributed by atoms with van der Waals surface area (Å²) in [6.45, 7) is 4.90. The highest BCUT2D eigenvalue weighted by molar-refractivity contribution is 7.99. The number of amides is 1. The Labute approximate surface area is 137 Å². The molecule has 0 heterocycles. The number of carbonyl (C=O) groups excluding carboxylic acids is 1. The number of hydrogen-bond donors (Lipinski definition) is 1. The molecule has 0 radical (unpaired) electrons. The summed E-state index contributed by atoms with van der Waals surface area (Å²) in [5.41, 5.74) is 3.79. The van der Waals surface area contributed by atoms with E-state index in [1.807, 2.05) is 18.2 Å². The normalized spacial score (nSPS) is 11.9. The van der Waals surface area contributed by atoms with E-state index in [1.54, 1.807) is 11.8 Å². The summed E-state index contributed by atoms with van der Waals surface area (Å²) in [6, 6.07) is 18.7. The molecule has 1 amide bonds. The average Bonchev–Trinajstić information content (AvgIpc) is 2.55. The van der Waals surface area contributed by atoms with Gasteiger partial charge in [-0.2, -0.15) is 0 Å². The molecular weight excluding hydrogens is 290 g/mol. The first-order valence-corrected chi connectivity index (χ1v) is 8.75. The van der Waals surface area contributed by atoms with Crippen LogP contribution in [-0.4, -0.2) is 18.2 Å². The highest BCUT2D eigenvalue weighted by atomic mass is 32.2. The Morgan fingerprint density at radius 2 is 1.77 bits per heavy atom. The maximum Gasteiger partial charge on any atom is 0.230 e. The second-order valence-electron chi connectivity index (χ2n) is 5.59. The zero-order valence-corrected chi connectivity index (χ0v) is 14.0. The average molecular weight is 313 g/mol. The van der Waals surface area contributed by atoms with Crippen LogP contribution in [0.5, 0.6) is 0 Å². The van der Waals surface area contributed by atoms with Gasteiger partial charge in [-0.05, 0) is 24.0 Å². The molecule has 0 fully saturated rings. The minimum Gasteiger partial charge on any atom is -0.355 e. The summed E-state index contributed by atoms with van der Waals surface area (Å²) in [6.07, 6.45) is 0. The number of hydrogen-bond acceptors (Lipinski definition) is 2. The lowest BCUT2D eigenvalue weighted by molar-refractivity contribution is -0.118. The monoisotopic (exact) mass is 313 g/mol. The molecule has 2 nitrogen and oxygen atoms in total. The third-order valence-electron chi connectivity index (χ3n) is 3.60. The first-order valence-electron chi connectivity index (χ1n) is 7.60. The fourth-order valence-corrected chi connectivity index (χ4v) is 2.98.